The second kappa shape index (κ2) is 2.75. The average molecular weight is 231 g/mol. The lowest BCUT2D eigenvalue weighted by Crippen LogP contribution is -2.41. The molecule has 17 heavy (non-hydrogen) atoms. The first-order valence-corrected chi connectivity index (χ1v) is 6.16. The minimum atomic E-state index is -0.430. The Morgan fingerprint density at radius 1 is 1.41 bits per heavy atom. The number of allylic oxidation sites excluding steroid dienone is 2. The Hall–Kier alpha value is -1.30. The van der Waals surface area contributed by atoms with Gasteiger partial charge in [-0.25, -0.2) is 0 Å². The normalized spacial score (nSPS) is 46.0. The number of carbonyl (C=O) groups is 1. The fourth-order valence-corrected chi connectivity index (χ4v) is 4.42. The molecule has 90 valence electrons. The summed E-state index contributed by atoms with van der Waals surface area (Å²) in [6.45, 7) is 5.85. The van der Waals surface area contributed by atoms with E-state index in [0.29, 0.717) is 6.42 Å². The van der Waals surface area contributed by atoms with Gasteiger partial charge in [0, 0.05) is 18.3 Å². The van der Waals surface area contributed by atoms with E-state index in [4.69, 9.17) is 4.74 Å². The van der Waals surface area contributed by atoms with Crippen LogP contribution < -0.4 is 0 Å². The molecule has 0 aromatic rings. The van der Waals surface area contributed by atoms with Crippen LogP contribution in [0.15, 0.2) is 11.3 Å². The van der Waals surface area contributed by atoms with Crippen LogP contribution in [0.1, 0.15) is 46.5 Å². The fourth-order valence-electron chi connectivity index (χ4n) is 4.42. The summed E-state index contributed by atoms with van der Waals surface area (Å²) >= 11 is 0. The summed E-state index contributed by atoms with van der Waals surface area (Å²) in [7, 11) is 0. The van der Waals surface area contributed by atoms with Gasteiger partial charge >= 0.3 is 0 Å². The van der Waals surface area contributed by atoms with Crippen LogP contribution in [0.4, 0.5) is 0 Å². The molecular weight excluding hydrogens is 214 g/mol. The molecule has 4 bridgehead atoms. The number of hydrogen-bond acceptors (Lipinski definition) is 3. The lowest BCUT2D eigenvalue weighted by atomic mass is 9.63. The standard InChI is InChI=1S/C14H17NO2/c1-9(16)4-10-11-12(2)5-13(3,17-11)7-14(10,6-12)8-15/h4-7H2,1-3H3. The minimum Gasteiger partial charge on any atom is -0.491 e. The zero-order valence-corrected chi connectivity index (χ0v) is 10.6. The van der Waals surface area contributed by atoms with Gasteiger partial charge in [-0.1, -0.05) is 6.92 Å². The topological polar surface area (TPSA) is 50.1 Å². The molecule has 1 saturated heterocycles. The third kappa shape index (κ3) is 1.19. The monoisotopic (exact) mass is 231 g/mol. The quantitative estimate of drug-likeness (QED) is 0.734. The number of nitrogens with zero attached hydrogens (tertiary/aromatic N) is 1. The van der Waals surface area contributed by atoms with Gasteiger partial charge in [0.05, 0.1) is 11.5 Å². The Bertz CT molecular complexity index is 501. The molecule has 4 aliphatic rings. The average Bonchev–Trinajstić information content (AvgIpc) is 2.47. The first-order chi connectivity index (χ1) is 7.83. The first kappa shape index (κ1) is 10.8. The van der Waals surface area contributed by atoms with E-state index in [-0.39, 0.29) is 16.8 Å². The highest BCUT2D eigenvalue weighted by atomic mass is 16.5. The minimum absolute atomic E-state index is 0.00644. The molecule has 0 aromatic carbocycles. The number of Topliss-reactive ketones (excluding diaryl/α,β-unsaturated/α-hetero) is 1. The lowest BCUT2D eigenvalue weighted by molar-refractivity contribution is -0.116. The molecule has 3 heteroatoms. The van der Waals surface area contributed by atoms with Crippen molar-refractivity contribution in [1.29, 1.82) is 5.26 Å². The molecule has 2 heterocycles. The van der Waals surface area contributed by atoms with Crippen LogP contribution in [0.3, 0.4) is 0 Å². The zero-order valence-electron chi connectivity index (χ0n) is 10.6. The summed E-state index contributed by atoms with van der Waals surface area (Å²) in [6, 6.07) is 2.49. The molecule has 3 atom stereocenters. The number of ketones is 1. The van der Waals surface area contributed by atoms with Gasteiger partial charge in [-0.05, 0) is 32.3 Å². The van der Waals surface area contributed by atoms with Crippen LogP contribution in [-0.4, -0.2) is 11.4 Å². The summed E-state index contributed by atoms with van der Waals surface area (Å²) < 4.78 is 6.06. The molecule has 2 fully saturated rings. The molecule has 0 aromatic heterocycles. The second-order valence-corrected chi connectivity index (χ2v) is 6.52. The Labute approximate surface area is 101 Å². The van der Waals surface area contributed by atoms with Crippen molar-refractivity contribution in [2.75, 3.05) is 0 Å². The van der Waals surface area contributed by atoms with Crippen molar-refractivity contribution in [3.05, 3.63) is 11.3 Å². The predicted octanol–water partition coefficient (Wildman–Crippen LogP) is 2.72. The highest BCUT2D eigenvalue weighted by Gasteiger charge is 2.67. The van der Waals surface area contributed by atoms with Gasteiger partial charge in [0.1, 0.15) is 17.1 Å². The smallest absolute Gasteiger partial charge is 0.134 e. The van der Waals surface area contributed by atoms with Crippen molar-refractivity contribution < 1.29 is 9.53 Å². The summed E-state index contributed by atoms with van der Waals surface area (Å²) in [4.78, 5) is 11.4. The third-order valence-electron chi connectivity index (χ3n) is 4.52. The molecule has 1 saturated carbocycles. The molecule has 2 aliphatic carbocycles. The van der Waals surface area contributed by atoms with Crippen molar-refractivity contribution in [2.45, 2.75) is 52.1 Å². The Morgan fingerprint density at radius 2 is 2.12 bits per heavy atom. The van der Waals surface area contributed by atoms with Crippen LogP contribution in [0, 0.1) is 22.2 Å². The maximum absolute atomic E-state index is 11.4. The van der Waals surface area contributed by atoms with E-state index in [2.05, 4.69) is 19.9 Å². The Balaban J connectivity index is 2.16. The van der Waals surface area contributed by atoms with E-state index in [1.165, 1.54) is 0 Å². The van der Waals surface area contributed by atoms with Gasteiger partial charge in [-0.3, -0.25) is 4.79 Å². The van der Waals surface area contributed by atoms with Crippen molar-refractivity contribution in [1.82, 2.24) is 0 Å². The number of hydrogen-bond donors (Lipinski definition) is 0. The number of ether oxygens (including phenoxy) is 1. The van der Waals surface area contributed by atoms with Crippen LogP contribution >= 0.6 is 0 Å². The lowest BCUT2D eigenvalue weighted by Gasteiger charge is -2.41. The summed E-state index contributed by atoms with van der Waals surface area (Å²) in [5.41, 5.74) is 0.359. The number of nitriles is 1. The summed E-state index contributed by atoms with van der Waals surface area (Å²) in [5.74, 6) is 1.08. The second-order valence-electron chi connectivity index (χ2n) is 6.52. The van der Waals surface area contributed by atoms with E-state index < -0.39 is 5.41 Å². The van der Waals surface area contributed by atoms with E-state index in [9.17, 15) is 10.1 Å². The van der Waals surface area contributed by atoms with E-state index in [0.717, 1.165) is 30.6 Å². The van der Waals surface area contributed by atoms with Crippen molar-refractivity contribution in [2.24, 2.45) is 10.8 Å². The van der Waals surface area contributed by atoms with Crippen LogP contribution in [0.25, 0.3) is 0 Å². The fraction of sp³-hybridized carbons (Fsp3) is 0.714. The van der Waals surface area contributed by atoms with Gasteiger partial charge in [0.15, 0.2) is 0 Å². The zero-order chi connectivity index (χ0) is 12.5. The number of carbonyl (C=O) groups excluding carboxylic acids is 1. The predicted molar refractivity (Wildman–Crippen MR) is 61.8 cm³/mol. The molecule has 2 aliphatic heterocycles. The maximum atomic E-state index is 11.4. The summed E-state index contributed by atoms with van der Waals surface area (Å²) in [6.07, 6.45) is 2.96. The van der Waals surface area contributed by atoms with Crippen LogP contribution in [0.2, 0.25) is 0 Å². The highest BCUT2D eigenvalue weighted by molar-refractivity contribution is 5.79. The van der Waals surface area contributed by atoms with Crippen LogP contribution in [0.5, 0.6) is 0 Å². The Kier molecular flexibility index (Phi) is 1.75. The SMILES string of the molecule is CC(=O)CC1=C2OC3(C)CC2(C)CC1(C#N)C3. The largest absolute Gasteiger partial charge is 0.491 e. The number of rotatable bonds is 2. The van der Waals surface area contributed by atoms with Crippen molar-refractivity contribution in [3.8, 4) is 6.07 Å². The van der Waals surface area contributed by atoms with Crippen molar-refractivity contribution in [3.63, 3.8) is 0 Å². The van der Waals surface area contributed by atoms with Gasteiger partial charge in [-0.2, -0.15) is 5.26 Å². The molecule has 3 unspecified atom stereocenters. The maximum Gasteiger partial charge on any atom is 0.134 e. The van der Waals surface area contributed by atoms with E-state index >= 15 is 0 Å². The van der Waals surface area contributed by atoms with Gasteiger partial charge in [0.2, 0.25) is 0 Å². The van der Waals surface area contributed by atoms with Gasteiger partial charge in [0.25, 0.3) is 0 Å². The molecule has 4 rings (SSSR count). The van der Waals surface area contributed by atoms with Gasteiger partial charge < -0.3 is 4.74 Å². The first-order valence-electron chi connectivity index (χ1n) is 6.16. The highest BCUT2D eigenvalue weighted by Crippen LogP contribution is 2.70. The van der Waals surface area contributed by atoms with E-state index in [1.807, 2.05) is 0 Å². The molecule has 0 N–H and O–H groups in total. The van der Waals surface area contributed by atoms with Crippen molar-refractivity contribution >= 4 is 5.78 Å². The van der Waals surface area contributed by atoms with E-state index in [1.54, 1.807) is 6.92 Å². The molecule has 0 amide bonds. The molecule has 0 spiro atoms. The summed E-state index contributed by atoms with van der Waals surface area (Å²) in [5, 5.41) is 9.57. The molecular formula is C14H17NO2. The van der Waals surface area contributed by atoms with Crippen LogP contribution in [-0.2, 0) is 9.53 Å². The third-order valence-corrected chi connectivity index (χ3v) is 4.52. The van der Waals surface area contributed by atoms with Gasteiger partial charge in [-0.15, -0.1) is 0 Å². The Morgan fingerprint density at radius 3 is 2.71 bits per heavy atom. The molecule has 3 nitrogen and oxygen atoms in total. The molecule has 0 radical (unpaired) electrons.